The van der Waals surface area contributed by atoms with Gasteiger partial charge in [0, 0.05) is 11.6 Å². The van der Waals surface area contributed by atoms with Gasteiger partial charge in [0.25, 0.3) is 0 Å². The second-order valence-electron chi connectivity index (χ2n) is 5.42. The fraction of sp³-hybridized carbons (Fsp3) is 0.500. The van der Waals surface area contributed by atoms with Crippen LogP contribution in [-0.4, -0.2) is 31.6 Å². The lowest BCUT2D eigenvalue weighted by Crippen LogP contribution is -2.45. The third-order valence-corrected chi connectivity index (χ3v) is 5.31. The number of rotatable bonds is 4. The Morgan fingerprint density at radius 3 is 2.62 bits per heavy atom. The highest BCUT2D eigenvalue weighted by atomic mass is 32.2. The van der Waals surface area contributed by atoms with Gasteiger partial charge in [0.1, 0.15) is 0 Å². The minimum atomic E-state index is -3.78. The van der Waals surface area contributed by atoms with Gasteiger partial charge in [-0.1, -0.05) is 18.9 Å². The van der Waals surface area contributed by atoms with E-state index >= 15 is 0 Å². The summed E-state index contributed by atoms with van der Waals surface area (Å²) in [5.74, 6) is -0.665. The molecular formula is C14H20N2O4S. The van der Waals surface area contributed by atoms with Crippen LogP contribution in [0.4, 0.5) is 0 Å². The normalized spacial score (nSPS) is 23.0. The van der Waals surface area contributed by atoms with Crippen LogP contribution in [0.15, 0.2) is 23.1 Å². The van der Waals surface area contributed by atoms with E-state index in [9.17, 15) is 18.3 Å². The Morgan fingerprint density at radius 1 is 1.33 bits per heavy atom. The maximum atomic E-state index is 12.4. The lowest BCUT2D eigenvalue weighted by atomic mass is 9.93. The van der Waals surface area contributed by atoms with Crippen molar-refractivity contribution in [3.63, 3.8) is 0 Å². The zero-order valence-corrected chi connectivity index (χ0v) is 12.7. The fourth-order valence-electron chi connectivity index (χ4n) is 2.55. The van der Waals surface area contributed by atoms with Crippen LogP contribution in [0.5, 0.6) is 0 Å². The van der Waals surface area contributed by atoms with E-state index in [-0.39, 0.29) is 10.5 Å². The number of hydrogen-bond acceptors (Lipinski definition) is 4. The van der Waals surface area contributed by atoms with Gasteiger partial charge in [-0.2, -0.15) is 0 Å². The van der Waals surface area contributed by atoms with Gasteiger partial charge in [-0.15, -0.1) is 0 Å². The van der Waals surface area contributed by atoms with Crippen molar-refractivity contribution in [2.45, 2.75) is 49.6 Å². The zero-order chi connectivity index (χ0) is 15.6. The molecule has 0 heterocycles. The lowest BCUT2D eigenvalue weighted by Gasteiger charge is -2.28. The smallest absolute Gasteiger partial charge is 0.249 e. The number of nitrogens with two attached hydrogens (primary N) is 1. The minimum absolute atomic E-state index is 0.0142. The molecule has 1 saturated carbocycles. The first-order chi connectivity index (χ1) is 9.81. The number of primary amides is 1. The number of sulfonamides is 1. The van der Waals surface area contributed by atoms with Crippen molar-refractivity contribution in [2.75, 3.05) is 0 Å². The molecule has 1 amide bonds. The van der Waals surface area contributed by atoms with Crippen LogP contribution in [0.3, 0.4) is 0 Å². The molecule has 0 spiro atoms. The molecule has 0 bridgehead atoms. The van der Waals surface area contributed by atoms with Crippen LogP contribution in [-0.2, 0) is 10.0 Å². The number of aliphatic hydroxyl groups is 1. The molecule has 1 fully saturated rings. The van der Waals surface area contributed by atoms with Crippen molar-refractivity contribution >= 4 is 15.9 Å². The Labute approximate surface area is 124 Å². The molecule has 21 heavy (non-hydrogen) atoms. The Bertz CT molecular complexity index is 642. The summed E-state index contributed by atoms with van der Waals surface area (Å²) in [5, 5.41) is 9.87. The molecule has 0 unspecified atom stereocenters. The van der Waals surface area contributed by atoms with E-state index in [1.54, 1.807) is 13.0 Å². The van der Waals surface area contributed by atoms with Gasteiger partial charge in [0.2, 0.25) is 15.9 Å². The third kappa shape index (κ3) is 3.61. The second kappa shape index (κ2) is 6.13. The summed E-state index contributed by atoms with van der Waals surface area (Å²) < 4.78 is 27.2. The van der Waals surface area contributed by atoms with Gasteiger partial charge in [0.05, 0.1) is 11.0 Å². The van der Waals surface area contributed by atoms with Crippen molar-refractivity contribution in [3.8, 4) is 0 Å². The molecule has 7 heteroatoms. The van der Waals surface area contributed by atoms with Crippen molar-refractivity contribution in [1.82, 2.24) is 4.72 Å². The molecule has 0 aliphatic heterocycles. The molecule has 0 aromatic heterocycles. The Kier molecular flexibility index (Phi) is 4.65. The zero-order valence-electron chi connectivity index (χ0n) is 11.9. The van der Waals surface area contributed by atoms with E-state index in [1.165, 1.54) is 12.1 Å². The number of aryl methyl sites for hydroxylation is 1. The summed E-state index contributed by atoms with van der Waals surface area (Å²) in [5.41, 5.74) is 6.05. The molecule has 4 N–H and O–H groups in total. The summed E-state index contributed by atoms with van der Waals surface area (Å²) in [6.45, 7) is 1.69. The average Bonchev–Trinajstić information content (AvgIpc) is 2.41. The van der Waals surface area contributed by atoms with E-state index in [0.717, 1.165) is 12.8 Å². The maximum absolute atomic E-state index is 12.4. The number of carbonyl (C=O) groups excluding carboxylic acids is 1. The summed E-state index contributed by atoms with van der Waals surface area (Å²) in [6.07, 6.45) is 2.30. The van der Waals surface area contributed by atoms with E-state index in [2.05, 4.69) is 4.72 Å². The molecule has 0 saturated heterocycles. The van der Waals surface area contributed by atoms with Crippen molar-refractivity contribution in [3.05, 3.63) is 29.3 Å². The molecule has 2 atom stereocenters. The average molecular weight is 312 g/mol. The Balaban J connectivity index is 2.27. The molecule has 0 radical (unpaired) electrons. The molecule has 2 rings (SSSR count). The van der Waals surface area contributed by atoms with Gasteiger partial charge in [-0.3, -0.25) is 4.79 Å². The molecule has 1 aliphatic carbocycles. The van der Waals surface area contributed by atoms with Crippen molar-refractivity contribution < 1.29 is 18.3 Å². The quantitative estimate of drug-likeness (QED) is 0.759. The summed E-state index contributed by atoms with van der Waals surface area (Å²) in [4.78, 5) is 11.3. The molecule has 6 nitrogen and oxygen atoms in total. The number of carbonyl (C=O) groups is 1. The van der Waals surface area contributed by atoms with E-state index < -0.39 is 28.1 Å². The van der Waals surface area contributed by atoms with Gasteiger partial charge < -0.3 is 10.8 Å². The molecule has 1 aromatic carbocycles. The van der Waals surface area contributed by atoms with Crippen LogP contribution in [0, 0.1) is 6.92 Å². The Hall–Kier alpha value is -1.44. The molecule has 1 aliphatic rings. The number of hydrogen-bond donors (Lipinski definition) is 3. The van der Waals surface area contributed by atoms with Crippen LogP contribution in [0.25, 0.3) is 0 Å². The van der Waals surface area contributed by atoms with Gasteiger partial charge >= 0.3 is 0 Å². The van der Waals surface area contributed by atoms with Crippen molar-refractivity contribution in [2.24, 2.45) is 5.73 Å². The molecule has 1 aromatic rings. The fourth-order valence-corrected chi connectivity index (χ4v) is 3.88. The largest absolute Gasteiger partial charge is 0.391 e. The third-order valence-electron chi connectivity index (χ3n) is 3.82. The standard InChI is InChI=1S/C14H20N2O4S/c1-9-6-7-10(8-11(9)14(15)18)21(19,20)16-12-4-2-3-5-13(12)17/h6-8,12-13,16-17H,2-5H2,1H3,(H2,15,18)/t12-,13-/m1/s1. The number of aliphatic hydroxyl groups excluding tert-OH is 1. The predicted molar refractivity (Wildman–Crippen MR) is 78.3 cm³/mol. The topological polar surface area (TPSA) is 109 Å². The summed E-state index contributed by atoms with van der Waals surface area (Å²) >= 11 is 0. The van der Waals surface area contributed by atoms with Crippen LogP contribution in [0.1, 0.15) is 41.6 Å². The SMILES string of the molecule is Cc1ccc(S(=O)(=O)N[C@@H]2CCCC[C@H]2O)cc1C(N)=O. The van der Waals surface area contributed by atoms with Crippen LogP contribution in [0.2, 0.25) is 0 Å². The van der Waals surface area contributed by atoms with E-state index in [4.69, 9.17) is 5.73 Å². The number of benzene rings is 1. The van der Waals surface area contributed by atoms with Crippen molar-refractivity contribution in [1.29, 1.82) is 0 Å². The first-order valence-corrected chi connectivity index (χ1v) is 8.40. The van der Waals surface area contributed by atoms with Crippen LogP contribution >= 0.6 is 0 Å². The van der Waals surface area contributed by atoms with Gasteiger partial charge in [0.15, 0.2) is 0 Å². The number of nitrogens with one attached hydrogen (secondary N) is 1. The minimum Gasteiger partial charge on any atom is -0.391 e. The molecule has 116 valence electrons. The van der Waals surface area contributed by atoms with Gasteiger partial charge in [-0.25, -0.2) is 13.1 Å². The van der Waals surface area contributed by atoms with Crippen LogP contribution < -0.4 is 10.5 Å². The Morgan fingerprint density at radius 2 is 2.00 bits per heavy atom. The monoisotopic (exact) mass is 312 g/mol. The predicted octanol–water partition coefficient (Wildman–Crippen LogP) is 0.676. The first-order valence-electron chi connectivity index (χ1n) is 6.92. The summed E-state index contributed by atoms with van der Waals surface area (Å²) in [7, 11) is -3.78. The van der Waals surface area contributed by atoms with Gasteiger partial charge in [-0.05, 0) is 37.5 Å². The van der Waals surface area contributed by atoms with E-state index in [0.29, 0.717) is 18.4 Å². The second-order valence-corrected chi connectivity index (χ2v) is 7.13. The molecular weight excluding hydrogens is 292 g/mol. The first kappa shape index (κ1) is 15.9. The highest BCUT2D eigenvalue weighted by Gasteiger charge is 2.28. The highest BCUT2D eigenvalue weighted by Crippen LogP contribution is 2.21. The lowest BCUT2D eigenvalue weighted by molar-refractivity contribution is 0.0997. The summed E-state index contributed by atoms with van der Waals surface area (Å²) in [6, 6.07) is 3.77. The van der Waals surface area contributed by atoms with E-state index in [1.807, 2.05) is 0 Å². The maximum Gasteiger partial charge on any atom is 0.249 e. The highest BCUT2D eigenvalue weighted by molar-refractivity contribution is 7.89. The number of amides is 1.